The highest BCUT2D eigenvalue weighted by Crippen LogP contribution is 2.38. The molecule has 1 N–H and O–H groups in total. The van der Waals surface area contributed by atoms with Gasteiger partial charge in [0.1, 0.15) is 10.8 Å². The van der Waals surface area contributed by atoms with Crippen LogP contribution in [0.4, 0.5) is 5.00 Å². The third-order valence-electron chi connectivity index (χ3n) is 5.28. The summed E-state index contributed by atoms with van der Waals surface area (Å²) in [6.07, 6.45) is 5.55. The van der Waals surface area contributed by atoms with Gasteiger partial charge in [-0.2, -0.15) is 0 Å². The Hall–Kier alpha value is -2.59. The summed E-state index contributed by atoms with van der Waals surface area (Å²) in [5, 5.41) is 12.7. The first kappa shape index (κ1) is 21.6. The maximum atomic E-state index is 12.7. The minimum absolute atomic E-state index is 0.158. The second kappa shape index (κ2) is 9.27. The molecule has 0 aromatic carbocycles. The third kappa shape index (κ3) is 4.27. The van der Waals surface area contributed by atoms with Gasteiger partial charge in [0.05, 0.1) is 30.3 Å². The second-order valence-corrected chi connectivity index (χ2v) is 9.23. The summed E-state index contributed by atoms with van der Waals surface area (Å²) in [7, 11) is 1.37. The van der Waals surface area contributed by atoms with E-state index in [2.05, 4.69) is 15.5 Å². The van der Waals surface area contributed by atoms with Crippen LogP contribution < -0.4 is 5.32 Å². The van der Waals surface area contributed by atoms with Gasteiger partial charge in [0, 0.05) is 11.4 Å². The van der Waals surface area contributed by atoms with Crippen LogP contribution in [-0.4, -0.2) is 39.5 Å². The van der Waals surface area contributed by atoms with Crippen LogP contribution in [-0.2, 0) is 28.9 Å². The Bertz CT molecular complexity index is 1120. The van der Waals surface area contributed by atoms with Crippen LogP contribution in [0.2, 0.25) is 0 Å². The number of thioether (sulfide) groups is 1. The van der Waals surface area contributed by atoms with E-state index in [1.165, 1.54) is 35.1 Å². The first-order chi connectivity index (χ1) is 15.0. The van der Waals surface area contributed by atoms with Gasteiger partial charge in [-0.05, 0) is 51.2 Å². The van der Waals surface area contributed by atoms with Gasteiger partial charge >= 0.3 is 5.97 Å². The fourth-order valence-electron chi connectivity index (χ4n) is 3.76. The molecule has 0 saturated carbocycles. The van der Waals surface area contributed by atoms with Crippen molar-refractivity contribution < 1.29 is 18.7 Å². The van der Waals surface area contributed by atoms with Crippen LogP contribution in [0.3, 0.4) is 0 Å². The fourth-order valence-corrected chi connectivity index (χ4v) is 5.86. The number of carbonyl (C=O) groups excluding carboxylic acids is 2. The number of aromatic nitrogens is 3. The molecule has 0 fully saturated rings. The van der Waals surface area contributed by atoms with E-state index in [0.29, 0.717) is 22.3 Å². The summed E-state index contributed by atoms with van der Waals surface area (Å²) in [6.45, 7) is 4.55. The van der Waals surface area contributed by atoms with Crippen LogP contribution in [0, 0.1) is 6.92 Å². The Morgan fingerprint density at radius 1 is 1.32 bits per heavy atom. The molecule has 4 rings (SSSR count). The lowest BCUT2D eigenvalue weighted by molar-refractivity contribution is -0.113. The molecule has 0 aliphatic heterocycles. The number of hydrogen-bond donors (Lipinski definition) is 1. The molecule has 1 amide bonds. The molecule has 0 spiro atoms. The Kier molecular flexibility index (Phi) is 6.47. The first-order valence-corrected chi connectivity index (χ1v) is 12.0. The maximum absolute atomic E-state index is 12.7. The van der Waals surface area contributed by atoms with Gasteiger partial charge in [0.25, 0.3) is 0 Å². The largest absolute Gasteiger partial charge is 0.469 e. The van der Waals surface area contributed by atoms with E-state index in [9.17, 15) is 9.59 Å². The van der Waals surface area contributed by atoms with Gasteiger partial charge in [-0.1, -0.05) is 11.8 Å². The summed E-state index contributed by atoms with van der Waals surface area (Å²) < 4.78 is 12.3. The smallest absolute Gasteiger partial charge is 0.341 e. The van der Waals surface area contributed by atoms with E-state index in [4.69, 9.17) is 9.15 Å². The van der Waals surface area contributed by atoms with Crippen LogP contribution in [0.1, 0.15) is 46.3 Å². The molecule has 0 saturated heterocycles. The minimum Gasteiger partial charge on any atom is -0.469 e. The zero-order valence-corrected chi connectivity index (χ0v) is 19.3. The number of aryl methyl sites for hydroxylation is 2. The SMILES string of the molecule is CCn1c(SCC(=O)Nc2sc3c(c2C(=O)OC)CCCC3)nnc1-c1ccoc1C. The topological polar surface area (TPSA) is 99.2 Å². The Balaban J connectivity index is 1.48. The Morgan fingerprint density at radius 3 is 2.84 bits per heavy atom. The van der Waals surface area contributed by atoms with Gasteiger partial charge in [0.2, 0.25) is 5.91 Å². The van der Waals surface area contributed by atoms with Crippen LogP contribution in [0.5, 0.6) is 0 Å². The zero-order chi connectivity index (χ0) is 22.0. The van der Waals surface area contributed by atoms with E-state index in [-0.39, 0.29) is 11.7 Å². The molecule has 3 heterocycles. The second-order valence-electron chi connectivity index (χ2n) is 7.18. The van der Waals surface area contributed by atoms with Crippen molar-refractivity contribution in [1.29, 1.82) is 0 Å². The van der Waals surface area contributed by atoms with Crippen molar-refractivity contribution in [2.75, 3.05) is 18.2 Å². The number of esters is 1. The molecule has 3 aromatic rings. The molecule has 1 aliphatic carbocycles. The van der Waals surface area contributed by atoms with Gasteiger partial charge in [-0.3, -0.25) is 4.79 Å². The standard InChI is InChI=1S/C21H24N4O4S2/c1-4-25-18(13-9-10-29-12(13)2)23-24-21(25)30-11-16(26)22-19-17(20(27)28-3)14-7-5-6-8-15(14)31-19/h9-10H,4-8,11H2,1-3H3,(H,22,26). The monoisotopic (exact) mass is 460 g/mol. The highest BCUT2D eigenvalue weighted by atomic mass is 32.2. The van der Waals surface area contributed by atoms with Crippen molar-refractivity contribution >= 4 is 40.0 Å². The number of amides is 1. The summed E-state index contributed by atoms with van der Waals surface area (Å²) in [6, 6.07) is 1.86. The first-order valence-electron chi connectivity index (χ1n) is 10.2. The molecule has 0 unspecified atom stereocenters. The summed E-state index contributed by atoms with van der Waals surface area (Å²) in [4.78, 5) is 26.2. The van der Waals surface area contributed by atoms with Gasteiger partial charge in [-0.25, -0.2) is 4.79 Å². The van der Waals surface area contributed by atoms with E-state index in [1.807, 2.05) is 24.5 Å². The van der Waals surface area contributed by atoms with Crippen molar-refractivity contribution in [3.63, 3.8) is 0 Å². The number of fused-ring (bicyclic) bond motifs is 1. The number of rotatable bonds is 7. The van der Waals surface area contributed by atoms with E-state index < -0.39 is 5.97 Å². The summed E-state index contributed by atoms with van der Waals surface area (Å²) >= 11 is 2.79. The number of nitrogens with one attached hydrogen (secondary N) is 1. The molecular formula is C21H24N4O4S2. The maximum Gasteiger partial charge on any atom is 0.341 e. The number of furan rings is 1. The predicted molar refractivity (Wildman–Crippen MR) is 120 cm³/mol. The number of thiophene rings is 1. The third-order valence-corrected chi connectivity index (χ3v) is 7.45. The Morgan fingerprint density at radius 2 is 2.13 bits per heavy atom. The highest BCUT2D eigenvalue weighted by molar-refractivity contribution is 7.99. The number of anilines is 1. The molecule has 0 bridgehead atoms. The minimum atomic E-state index is -0.395. The normalized spacial score (nSPS) is 13.1. The number of hydrogen-bond acceptors (Lipinski definition) is 8. The number of nitrogens with zero attached hydrogens (tertiary/aromatic N) is 3. The molecule has 1 aliphatic rings. The van der Waals surface area contributed by atoms with Crippen molar-refractivity contribution in [3.8, 4) is 11.4 Å². The molecule has 164 valence electrons. The lowest BCUT2D eigenvalue weighted by Gasteiger charge is -2.11. The van der Waals surface area contributed by atoms with Crippen molar-refractivity contribution in [3.05, 3.63) is 34.1 Å². The molecular weight excluding hydrogens is 436 g/mol. The predicted octanol–water partition coefficient (Wildman–Crippen LogP) is 4.32. The number of methoxy groups -OCH3 is 1. The lowest BCUT2D eigenvalue weighted by Crippen LogP contribution is -2.17. The van der Waals surface area contributed by atoms with Crippen molar-refractivity contribution in [1.82, 2.24) is 14.8 Å². The molecule has 0 atom stereocenters. The number of carbonyl (C=O) groups is 2. The quantitative estimate of drug-likeness (QED) is 0.414. The van der Waals surface area contributed by atoms with Crippen LogP contribution >= 0.6 is 23.1 Å². The van der Waals surface area contributed by atoms with Crippen LogP contribution in [0.15, 0.2) is 21.9 Å². The van der Waals surface area contributed by atoms with E-state index in [0.717, 1.165) is 48.4 Å². The van der Waals surface area contributed by atoms with E-state index in [1.54, 1.807) is 6.26 Å². The average molecular weight is 461 g/mol. The molecule has 3 aromatic heterocycles. The number of ether oxygens (including phenoxy) is 1. The summed E-state index contributed by atoms with van der Waals surface area (Å²) in [5.74, 6) is 1.06. The zero-order valence-electron chi connectivity index (χ0n) is 17.7. The molecule has 8 nitrogen and oxygen atoms in total. The van der Waals surface area contributed by atoms with Crippen molar-refractivity contribution in [2.24, 2.45) is 0 Å². The summed E-state index contributed by atoms with van der Waals surface area (Å²) in [5.41, 5.74) is 2.42. The average Bonchev–Trinajstić information content (AvgIpc) is 3.47. The van der Waals surface area contributed by atoms with Crippen molar-refractivity contribution in [2.45, 2.75) is 51.2 Å². The Labute approximate surface area is 188 Å². The van der Waals surface area contributed by atoms with Gasteiger partial charge < -0.3 is 19.0 Å². The van der Waals surface area contributed by atoms with E-state index >= 15 is 0 Å². The molecule has 0 radical (unpaired) electrons. The molecule has 31 heavy (non-hydrogen) atoms. The molecule has 10 heteroatoms. The fraction of sp³-hybridized carbons (Fsp3) is 0.429. The lowest BCUT2D eigenvalue weighted by atomic mass is 9.95. The van der Waals surface area contributed by atoms with Gasteiger partial charge in [-0.15, -0.1) is 21.5 Å². The van der Waals surface area contributed by atoms with Crippen LogP contribution in [0.25, 0.3) is 11.4 Å². The highest BCUT2D eigenvalue weighted by Gasteiger charge is 2.27. The van der Waals surface area contributed by atoms with Gasteiger partial charge in [0.15, 0.2) is 11.0 Å².